The van der Waals surface area contributed by atoms with E-state index in [9.17, 15) is 4.79 Å². The number of hydrogen-bond acceptors (Lipinski definition) is 4. The number of nitrogens with zero attached hydrogens (tertiary/aromatic N) is 2. The van der Waals surface area contributed by atoms with Gasteiger partial charge in [0.15, 0.2) is 4.77 Å². The molecule has 7 heteroatoms. The molecule has 0 spiro atoms. The molecule has 0 bridgehead atoms. The number of ether oxygens (including phenoxy) is 1. The van der Waals surface area contributed by atoms with Crippen molar-refractivity contribution in [1.82, 2.24) is 14.8 Å². The molecule has 0 fully saturated rings. The quantitative estimate of drug-likeness (QED) is 0.834. The maximum absolute atomic E-state index is 11.9. The van der Waals surface area contributed by atoms with Crippen LogP contribution in [0.4, 0.5) is 5.69 Å². The van der Waals surface area contributed by atoms with Crippen molar-refractivity contribution in [2.75, 3.05) is 12.4 Å². The zero-order valence-corrected chi connectivity index (χ0v) is 11.5. The molecule has 1 aromatic carbocycles. The molecule has 2 N–H and O–H groups in total. The number of benzene rings is 1. The second-order valence-corrected chi connectivity index (χ2v) is 4.35. The van der Waals surface area contributed by atoms with E-state index in [0.29, 0.717) is 22.0 Å². The molecule has 1 amide bonds. The number of carbonyl (C=O) groups excluding carboxylic acids is 1. The Balaban J connectivity index is 2.05. The van der Waals surface area contributed by atoms with Gasteiger partial charge in [-0.25, -0.2) is 0 Å². The lowest BCUT2D eigenvalue weighted by molar-refractivity contribution is -0.115. The van der Waals surface area contributed by atoms with Crippen LogP contribution in [0, 0.1) is 4.77 Å². The van der Waals surface area contributed by atoms with Crippen LogP contribution in [0.25, 0.3) is 0 Å². The number of hydrogen-bond donors (Lipinski definition) is 2. The fourth-order valence-electron chi connectivity index (χ4n) is 1.59. The van der Waals surface area contributed by atoms with Gasteiger partial charge in [0, 0.05) is 18.8 Å². The number of aromatic amines is 1. The fourth-order valence-corrected chi connectivity index (χ4v) is 1.74. The van der Waals surface area contributed by atoms with Crippen molar-refractivity contribution in [3.63, 3.8) is 0 Å². The summed E-state index contributed by atoms with van der Waals surface area (Å²) in [5.41, 5.74) is 0.682. The Morgan fingerprint density at radius 3 is 3.00 bits per heavy atom. The van der Waals surface area contributed by atoms with E-state index in [1.807, 2.05) is 12.1 Å². The van der Waals surface area contributed by atoms with Crippen LogP contribution in [0.15, 0.2) is 24.3 Å². The molecule has 0 saturated carbocycles. The van der Waals surface area contributed by atoms with Crippen LogP contribution in [0.5, 0.6) is 5.75 Å². The second kappa shape index (κ2) is 5.66. The number of H-pyrrole nitrogens is 1. The summed E-state index contributed by atoms with van der Waals surface area (Å²) in [5, 5.41) is 9.41. The molecule has 6 nitrogen and oxygen atoms in total. The highest BCUT2D eigenvalue weighted by Gasteiger charge is 2.09. The van der Waals surface area contributed by atoms with Crippen molar-refractivity contribution >= 4 is 23.8 Å². The SMILES string of the molecule is COc1cccc(NC(=O)Cc2n[nH]c(=S)n2C)c1. The van der Waals surface area contributed by atoms with E-state index in [-0.39, 0.29) is 12.3 Å². The van der Waals surface area contributed by atoms with Gasteiger partial charge in [-0.3, -0.25) is 9.89 Å². The third kappa shape index (κ3) is 3.19. The highest BCUT2D eigenvalue weighted by Crippen LogP contribution is 2.16. The Bertz CT molecular complexity index is 647. The Hall–Kier alpha value is -2.15. The molecule has 0 atom stereocenters. The minimum atomic E-state index is -0.162. The van der Waals surface area contributed by atoms with Crippen molar-refractivity contribution < 1.29 is 9.53 Å². The number of nitrogens with one attached hydrogen (secondary N) is 2. The van der Waals surface area contributed by atoms with Gasteiger partial charge in [0.05, 0.1) is 13.5 Å². The van der Waals surface area contributed by atoms with E-state index in [1.54, 1.807) is 30.9 Å². The van der Waals surface area contributed by atoms with Crippen LogP contribution in [-0.2, 0) is 18.3 Å². The monoisotopic (exact) mass is 278 g/mol. The highest BCUT2D eigenvalue weighted by atomic mass is 32.1. The summed E-state index contributed by atoms with van der Waals surface area (Å²) >= 11 is 4.99. The molecule has 2 rings (SSSR count). The molecule has 0 radical (unpaired) electrons. The van der Waals surface area contributed by atoms with Crippen molar-refractivity contribution in [1.29, 1.82) is 0 Å². The van der Waals surface area contributed by atoms with Gasteiger partial charge in [0.1, 0.15) is 11.6 Å². The zero-order valence-electron chi connectivity index (χ0n) is 10.6. The molecule has 1 aromatic heterocycles. The lowest BCUT2D eigenvalue weighted by Gasteiger charge is -2.06. The number of carbonyl (C=O) groups is 1. The van der Waals surface area contributed by atoms with Crippen LogP contribution in [0.3, 0.4) is 0 Å². The summed E-state index contributed by atoms with van der Waals surface area (Å²) in [6, 6.07) is 7.17. The van der Waals surface area contributed by atoms with E-state index < -0.39 is 0 Å². The van der Waals surface area contributed by atoms with Gasteiger partial charge in [-0.15, -0.1) is 0 Å². The highest BCUT2D eigenvalue weighted by molar-refractivity contribution is 7.71. The number of aromatic nitrogens is 3. The maximum Gasteiger partial charge on any atom is 0.232 e. The number of methoxy groups -OCH3 is 1. The molecule has 0 unspecified atom stereocenters. The lowest BCUT2D eigenvalue weighted by atomic mass is 10.3. The molecule has 0 aliphatic carbocycles. The van der Waals surface area contributed by atoms with Crippen LogP contribution < -0.4 is 10.1 Å². The molecule has 19 heavy (non-hydrogen) atoms. The van der Waals surface area contributed by atoms with E-state index in [4.69, 9.17) is 17.0 Å². The number of rotatable bonds is 4. The smallest absolute Gasteiger partial charge is 0.232 e. The minimum Gasteiger partial charge on any atom is -0.497 e. The molecule has 100 valence electrons. The normalized spacial score (nSPS) is 10.2. The molecule has 2 aromatic rings. The Labute approximate surface area is 115 Å². The first kappa shape index (κ1) is 13.3. The molecular weight excluding hydrogens is 264 g/mol. The predicted octanol–water partition coefficient (Wildman–Crippen LogP) is 1.67. The van der Waals surface area contributed by atoms with Gasteiger partial charge >= 0.3 is 0 Å². The Morgan fingerprint density at radius 2 is 2.37 bits per heavy atom. The molecule has 1 heterocycles. The average molecular weight is 278 g/mol. The van der Waals surface area contributed by atoms with Gasteiger partial charge in [-0.05, 0) is 24.4 Å². The van der Waals surface area contributed by atoms with Crippen LogP contribution >= 0.6 is 12.2 Å². The third-order valence-electron chi connectivity index (χ3n) is 2.64. The zero-order chi connectivity index (χ0) is 13.8. The van der Waals surface area contributed by atoms with Crippen LogP contribution in [-0.4, -0.2) is 27.8 Å². The van der Waals surface area contributed by atoms with Crippen LogP contribution in [0.1, 0.15) is 5.82 Å². The summed E-state index contributed by atoms with van der Waals surface area (Å²) in [7, 11) is 3.34. The fraction of sp³-hybridized carbons (Fsp3) is 0.250. The summed E-state index contributed by atoms with van der Waals surface area (Å²) in [6.45, 7) is 0. The van der Waals surface area contributed by atoms with E-state index >= 15 is 0 Å². The molecule has 0 saturated heterocycles. The van der Waals surface area contributed by atoms with Gasteiger partial charge < -0.3 is 14.6 Å². The van der Waals surface area contributed by atoms with E-state index in [2.05, 4.69) is 15.5 Å². The molecular formula is C12H14N4O2S. The second-order valence-electron chi connectivity index (χ2n) is 3.96. The molecule has 0 aliphatic rings. The van der Waals surface area contributed by atoms with Crippen molar-refractivity contribution in [2.24, 2.45) is 7.05 Å². The first-order chi connectivity index (χ1) is 9.10. The summed E-state index contributed by atoms with van der Waals surface area (Å²) in [4.78, 5) is 11.9. The standard InChI is InChI=1S/C12H14N4O2S/c1-16-10(14-15-12(16)19)7-11(17)13-8-4-3-5-9(6-8)18-2/h3-6H,7H2,1-2H3,(H,13,17)(H,15,19). The largest absolute Gasteiger partial charge is 0.497 e. The summed E-state index contributed by atoms with van der Waals surface area (Å²) in [6.07, 6.45) is 0.154. The van der Waals surface area contributed by atoms with E-state index in [1.165, 1.54) is 0 Å². The predicted molar refractivity (Wildman–Crippen MR) is 73.7 cm³/mol. The summed E-state index contributed by atoms with van der Waals surface area (Å²) < 4.78 is 7.25. The van der Waals surface area contributed by atoms with Crippen LogP contribution in [0.2, 0.25) is 0 Å². The first-order valence-corrected chi connectivity index (χ1v) is 6.05. The van der Waals surface area contributed by atoms with Gasteiger partial charge in [-0.2, -0.15) is 5.10 Å². The van der Waals surface area contributed by atoms with Gasteiger partial charge in [-0.1, -0.05) is 6.07 Å². The lowest BCUT2D eigenvalue weighted by Crippen LogP contribution is -2.16. The van der Waals surface area contributed by atoms with Crippen molar-refractivity contribution in [3.05, 3.63) is 34.9 Å². The first-order valence-electron chi connectivity index (χ1n) is 5.64. The van der Waals surface area contributed by atoms with Crippen molar-refractivity contribution in [2.45, 2.75) is 6.42 Å². The maximum atomic E-state index is 11.9. The Kier molecular flexibility index (Phi) is 3.96. The minimum absolute atomic E-state index is 0.154. The number of anilines is 1. The average Bonchev–Trinajstić information content (AvgIpc) is 2.71. The van der Waals surface area contributed by atoms with Gasteiger partial charge in [0.2, 0.25) is 5.91 Å². The molecule has 0 aliphatic heterocycles. The topological polar surface area (TPSA) is 71.9 Å². The van der Waals surface area contributed by atoms with Gasteiger partial charge in [0.25, 0.3) is 0 Å². The number of amides is 1. The third-order valence-corrected chi connectivity index (χ3v) is 3.01. The Morgan fingerprint density at radius 1 is 1.58 bits per heavy atom. The van der Waals surface area contributed by atoms with Crippen molar-refractivity contribution in [3.8, 4) is 5.75 Å². The summed E-state index contributed by atoms with van der Waals surface area (Å²) in [5.74, 6) is 1.12. The van der Waals surface area contributed by atoms with E-state index in [0.717, 1.165) is 0 Å².